The molecular weight excluding hydrogens is 344 g/mol. The SMILES string of the molecule is Brc1ccc(NC2CCN3CCCC23)c(Br)c1. The van der Waals surface area contributed by atoms with Gasteiger partial charge in [0.2, 0.25) is 0 Å². The Balaban J connectivity index is 1.74. The van der Waals surface area contributed by atoms with Crippen molar-refractivity contribution in [3.63, 3.8) is 0 Å². The highest BCUT2D eigenvalue weighted by molar-refractivity contribution is 9.11. The fourth-order valence-electron chi connectivity index (χ4n) is 3.06. The van der Waals surface area contributed by atoms with E-state index in [9.17, 15) is 0 Å². The molecule has 92 valence electrons. The highest BCUT2D eigenvalue weighted by Crippen LogP contribution is 2.33. The Bertz CT molecular complexity index is 422. The van der Waals surface area contributed by atoms with Gasteiger partial charge in [0.25, 0.3) is 0 Å². The normalized spacial score (nSPS) is 28.4. The summed E-state index contributed by atoms with van der Waals surface area (Å²) < 4.78 is 2.26. The van der Waals surface area contributed by atoms with Crippen molar-refractivity contribution in [1.82, 2.24) is 4.90 Å². The standard InChI is InChI=1S/C13H16Br2N2/c14-9-3-4-11(10(15)8-9)16-12-5-7-17-6-1-2-13(12)17/h3-4,8,12-13,16H,1-2,5-7H2. The van der Waals surface area contributed by atoms with Crippen LogP contribution in [0.5, 0.6) is 0 Å². The monoisotopic (exact) mass is 358 g/mol. The molecular formula is C13H16Br2N2. The van der Waals surface area contributed by atoms with Crippen molar-refractivity contribution >= 4 is 37.5 Å². The summed E-state index contributed by atoms with van der Waals surface area (Å²) in [6.45, 7) is 2.56. The van der Waals surface area contributed by atoms with Crippen molar-refractivity contribution in [2.45, 2.75) is 31.3 Å². The summed E-state index contributed by atoms with van der Waals surface area (Å²) in [6, 6.07) is 7.71. The van der Waals surface area contributed by atoms with Crippen molar-refractivity contribution in [1.29, 1.82) is 0 Å². The van der Waals surface area contributed by atoms with Crippen molar-refractivity contribution in [2.24, 2.45) is 0 Å². The lowest BCUT2D eigenvalue weighted by atomic mass is 10.1. The van der Waals surface area contributed by atoms with E-state index in [1.807, 2.05) is 0 Å². The second-order valence-corrected chi connectivity index (χ2v) is 6.68. The molecule has 1 aromatic carbocycles. The van der Waals surface area contributed by atoms with Crippen LogP contribution in [0.2, 0.25) is 0 Å². The molecule has 2 aliphatic heterocycles. The number of rotatable bonds is 2. The van der Waals surface area contributed by atoms with E-state index in [1.54, 1.807) is 0 Å². The van der Waals surface area contributed by atoms with Crippen molar-refractivity contribution in [3.8, 4) is 0 Å². The minimum atomic E-state index is 0.620. The van der Waals surface area contributed by atoms with Gasteiger partial charge in [-0.15, -0.1) is 0 Å². The second-order valence-electron chi connectivity index (χ2n) is 4.91. The van der Waals surface area contributed by atoms with Crippen LogP contribution in [0.4, 0.5) is 5.69 Å². The maximum absolute atomic E-state index is 3.70. The number of nitrogens with one attached hydrogen (secondary N) is 1. The first kappa shape index (κ1) is 12.0. The first-order chi connectivity index (χ1) is 8.24. The van der Waals surface area contributed by atoms with E-state index in [4.69, 9.17) is 0 Å². The molecule has 0 amide bonds. The molecule has 0 bridgehead atoms. The summed E-state index contributed by atoms with van der Waals surface area (Å²) in [6.07, 6.45) is 3.99. The van der Waals surface area contributed by atoms with E-state index < -0.39 is 0 Å². The van der Waals surface area contributed by atoms with Gasteiger partial charge in [-0.25, -0.2) is 0 Å². The molecule has 0 aliphatic carbocycles. The van der Waals surface area contributed by atoms with Crippen molar-refractivity contribution in [3.05, 3.63) is 27.1 Å². The largest absolute Gasteiger partial charge is 0.380 e. The molecule has 3 rings (SSSR count). The Hall–Kier alpha value is -0.0600. The molecule has 0 saturated carbocycles. The quantitative estimate of drug-likeness (QED) is 0.862. The van der Waals surface area contributed by atoms with Gasteiger partial charge in [-0.05, 0) is 59.9 Å². The van der Waals surface area contributed by atoms with Crippen LogP contribution in [-0.2, 0) is 0 Å². The Morgan fingerprint density at radius 3 is 2.88 bits per heavy atom. The Kier molecular flexibility index (Phi) is 3.46. The first-order valence-corrected chi connectivity index (χ1v) is 7.78. The second kappa shape index (κ2) is 4.90. The molecule has 0 radical (unpaired) electrons. The third-order valence-electron chi connectivity index (χ3n) is 3.88. The van der Waals surface area contributed by atoms with Gasteiger partial charge in [-0.2, -0.15) is 0 Å². The minimum Gasteiger partial charge on any atom is -0.380 e. The van der Waals surface area contributed by atoms with Crippen LogP contribution in [0.25, 0.3) is 0 Å². The summed E-state index contributed by atoms with van der Waals surface area (Å²) in [5.74, 6) is 0. The number of hydrogen-bond acceptors (Lipinski definition) is 2. The Morgan fingerprint density at radius 2 is 2.06 bits per heavy atom. The molecule has 1 aromatic rings. The molecule has 2 aliphatic rings. The van der Waals surface area contributed by atoms with Gasteiger partial charge in [0.1, 0.15) is 0 Å². The van der Waals surface area contributed by atoms with Crippen LogP contribution < -0.4 is 5.32 Å². The maximum atomic E-state index is 3.70. The van der Waals surface area contributed by atoms with Gasteiger partial charge in [0, 0.05) is 33.3 Å². The molecule has 2 saturated heterocycles. The fourth-order valence-corrected chi connectivity index (χ4v) is 4.22. The molecule has 2 nitrogen and oxygen atoms in total. The lowest BCUT2D eigenvalue weighted by Gasteiger charge is -2.22. The van der Waals surface area contributed by atoms with E-state index in [2.05, 4.69) is 60.3 Å². The van der Waals surface area contributed by atoms with Gasteiger partial charge in [-0.3, -0.25) is 4.90 Å². The highest BCUT2D eigenvalue weighted by atomic mass is 79.9. The zero-order chi connectivity index (χ0) is 11.8. The average molecular weight is 360 g/mol. The molecule has 1 N–H and O–H groups in total. The van der Waals surface area contributed by atoms with E-state index >= 15 is 0 Å². The summed E-state index contributed by atoms with van der Waals surface area (Å²) in [4.78, 5) is 2.63. The first-order valence-electron chi connectivity index (χ1n) is 6.20. The fraction of sp³-hybridized carbons (Fsp3) is 0.538. The number of anilines is 1. The summed E-state index contributed by atoms with van der Waals surface area (Å²) >= 11 is 7.11. The van der Waals surface area contributed by atoms with Gasteiger partial charge in [-0.1, -0.05) is 15.9 Å². The topological polar surface area (TPSA) is 15.3 Å². The minimum absolute atomic E-state index is 0.620. The lowest BCUT2D eigenvalue weighted by Crippen LogP contribution is -2.33. The van der Waals surface area contributed by atoms with Gasteiger partial charge in [0.05, 0.1) is 0 Å². The summed E-state index contributed by atoms with van der Waals surface area (Å²) in [7, 11) is 0. The lowest BCUT2D eigenvalue weighted by molar-refractivity contribution is 0.318. The molecule has 2 fully saturated rings. The number of benzene rings is 1. The van der Waals surface area contributed by atoms with Crippen LogP contribution in [-0.4, -0.2) is 30.1 Å². The highest BCUT2D eigenvalue weighted by Gasteiger charge is 2.37. The zero-order valence-corrected chi connectivity index (χ0v) is 12.8. The summed E-state index contributed by atoms with van der Waals surface area (Å²) in [5.41, 5.74) is 1.21. The molecule has 0 aromatic heterocycles. The molecule has 2 atom stereocenters. The number of halogens is 2. The van der Waals surface area contributed by atoms with Gasteiger partial charge >= 0.3 is 0 Å². The number of hydrogen-bond donors (Lipinski definition) is 1. The van der Waals surface area contributed by atoms with E-state index in [0.29, 0.717) is 6.04 Å². The molecule has 2 heterocycles. The molecule has 17 heavy (non-hydrogen) atoms. The third kappa shape index (κ3) is 2.40. The Labute approximate surface area is 119 Å². The van der Waals surface area contributed by atoms with Crippen molar-refractivity contribution in [2.75, 3.05) is 18.4 Å². The van der Waals surface area contributed by atoms with Crippen LogP contribution >= 0.6 is 31.9 Å². The van der Waals surface area contributed by atoms with Crippen LogP contribution in [0.15, 0.2) is 27.1 Å². The van der Waals surface area contributed by atoms with Gasteiger partial charge in [0.15, 0.2) is 0 Å². The zero-order valence-electron chi connectivity index (χ0n) is 9.63. The third-order valence-corrected chi connectivity index (χ3v) is 5.03. The van der Waals surface area contributed by atoms with E-state index in [-0.39, 0.29) is 0 Å². The van der Waals surface area contributed by atoms with E-state index in [1.165, 1.54) is 38.0 Å². The van der Waals surface area contributed by atoms with Crippen LogP contribution in [0.3, 0.4) is 0 Å². The van der Waals surface area contributed by atoms with Gasteiger partial charge < -0.3 is 5.32 Å². The molecule has 4 heteroatoms. The van der Waals surface area contributed by atoms with Crippen LogP contribution in [0.1, 0.15) is 19.3 Å². The van der Waals surface area contributed by atoms with E-state index in [0.717, 1.165) is 15.0 Å². The predicted molar refractivity (Wildman–Crippen MR) is 78.5 cm³/mol. The summed E-state index contributed by atoms with van der Waals surface area (Å²) in [5, 5.41) is 3.70. The molecule has 2 unspecified atom stereocenters. The number of fused-ring (bicyclic) bond motifs is 1. The van der Waals surface area contributed by atoms with Crippen molar-refractivity contribution < 1.29 is 0 Å². The average Bonchev–Trinajstić information content (AvgIpc) is 2.86. The molecule has 0 spiro atoms. The Morgan fingerprint density at radius 1 is 1.18 bits per heavy atom. The van der Waals surface area contributed by atoms with Crippen LogP contribution in [0, 0.1) is 0 Å². The smallest absolute Gasteiger partial charge is 0.0488 e. The predicted octanol–water partition coefficient (Wildman–Crippen LogP) is 3.86. The number of nitrogens with zero attached hydrogens (tertiary/aromatic N) is 1. The maximum Gasteiger partial charge on any atom is 0.0488 e.